The Kier molecular flexibility index (Phi) is 3.03. The molecule has 0 fully saturated rings. The molecule has 0 atom stereocenters. The van der Waals surface area contributed by atoms with Crippen LogP contribution in [0, 0.1) is 6.92 Å². The van der Waals surface area contributed by atoms with Crippen LogP contribution in [-0.4, -0.2) is 12.3 Å². The molecule has 0 radical (unpaired) electrons. The van der Waals surface area contributed by atoms with E-state index in [-0.39, 0.29) is 0 Å². The molecule has 0 amide bonds. The fraction of sp³-hybridized carbons (Fsp3) is 0.364. The minimum atomic E-state index is 0.381. The fourth-order valence-corrected chi connectivity index (χ4v) is 0.888. The highest BCUT2D eigenvalue weighted by atomic mass is 14.7. The first-order valence-electron chi connectivity index (χ1n) is 4.28. The summed E-state index contributed by atoms with van der Waals surface area (Å²) in [6.07, 6.45) is 1.92. The van der Waals surface area contributed by atoms with E-state index < -0.39 is 0 Å². The maximum atomic E-state index is 4.30. The van der Waals surface area contributed by atoms with Crippen LogP contribution in [0.25, 0.3) is 0 Å². The predicted octanol–water partition coefficient (Wildman–Crippen LogP) is 2.82. The first kappa shape index (κ1) is 8.98. The molecule has 1 nitrogen and oxygen atoms in total. The zero-order valence-electron chi connectivity index (χ0n) is 7.91. The van der Waals surface area contributed by atoms with Crippen molar-refractivity contribution in [3.63, 3.8) is 0 Å². The van der Waals surface area contributed by atoms with Gasteiger partial charge in [0.05, 0.1) is 0 Å². The summed E-state index contributed by atoms with van der Waals surface area (Å²) in [6, 6.07) is 8.75. The second kappa shape index (κ2) is 4.05. The van der Waals surface area contributed by atoms with Gasteiger partial charge in [-0.1, -0.05) is 29.8 Å². The topological polar surface area (TPSA) is 12.4 Å². The number of benzene rings is 1. The Morgan fingerprint density at radius 3 is 2.25 bits per heavy atom. The Morgan fingerprint density at radius 2 is 1.75 bits per heavy atom. The molecule has 1 rings (SSSR count). The van der Waals surface area contributed by atoms with Gasteiger partial charge in [0.25, 0.3) is 0 Å². The van der Waals surface area contributed by atoms with Crippen LogP contribution in [-0.2, 0) is 0 Å². The van der Waals surface area contributed by atoms with Crippen molar-refractivity contribution in [2.45, 2.75) is 26.8 Å². The second-order valence-corrected chi connectivity index (χ2v) is 3.28. The zero-order valence-corrected chi connectivity index (χ0v) is 7.91. The van der Waals surface area contributed by atoms with Crippen LogP contribution in [0.1, 0.15) is 25.0 Å². The van der Waals surface area contributed by atoms with Gasteiger partial charge in [-0.3, -0.25) is 4.99 Å². The number of nitrogens with zero attached hydrogens (tertiary/aromatic N) is 1. The first-order valence-corrected chi connectivity index (χ1v) is 4.28. The largest absolute Gasteiger partial charge is 0.290 e. The van der Waals surface area contributed by atoms with Crippen molar-refractivity contribution >= 4 is 6.21 Å². The average Bonchev–Trinajstić information content (AvgIpc) is 2.03. The number of hydrogen-bond donors (Lipinski definition) is 0. The van der Waals surface area contributed by atoms with Gasteiger partial charge >= 0.3 is 0 Å². The molecule has 0 bridgehead atoms. The third-order valence-corrected chi connectivity index (χ3v) is 1.60. The molecule has 0 aliphatic rings. The van der Waals surface area contributed by atoms with E-state index in [1.165, 1.54) is 11.1 Å². The third-order valence-electron chi connectivity index (χ3n) is 1.60. The van der Waals surface area contributed by atoms with Crippen molar-refractivity contribution in [2.75, 3.05) is 0 Å². The quantitative estimate of drug-likeness (QED) is 0.591. The van der Waals surface area contributed by atoms with Gasteiger partial charge in [-0.2, -0.15) is 0 Å². The van der Waals surface area contributed by atoms with Gasteiger partial charge in [0, 0.05) is 12.3 Å². The number of aliphatic imine (C=N–C) groups is 1. The molecule has 12 heavy (non-hydrogen) atoms. The first-order chi connectivity index (χ1) is 5.68. The monoisotopic (exact) mass is 161 g/mol. The minimum Gasteiger partial charge on any atom is -0.290 e. The minimum absolute atomic E-state index is 0.381. The molecule has 64 valence electrons. The number of rotatable bonds is 2. The van der Waals surface area contributed by atoms with Crippen LogP contribution in [0.4, 0.5) is 0 Å². The summed E-state index contributed by atoms with van der Waals surface area (Å²) in [4.78, 5) is 4.30. The Hall–Kier alpha value is -1.11. The van der Waals surface area contributed by atoms with Crippen LogP contribution < -0.4 is 0 Å². The Bertz CT molecular complexity index is 257. The van der Waals surface area contributed by atoms with Crippen molar-refractivity contribution in [3.05, 3.63) is 35.4 Å². The highest BCUT2D eigenvalue weighted by Crippen LogP contribution is 2.00. The number of hydrogen-bond acceptors (Lipinski definition) is 1. The lowest BCUT2D eigenvalue weighted by Crippen LogP contribution is -1.90. The van der Waals surface area contributed by atoms with Gasteiger partial charge in [0.15, 0.2) is 0 Å². The van der Waals surface area contributed by atoms with E-state index in [2.05, 4.69) is 50.0 Å². The van der Waals surface area contributed by atoms with Gasteiger partial charge in [-0.05, 0) is 26.3 Å². The highest BCUT2D eigenvalue weighted by molar-refractivity contribution is 5.79. The fourth-order valence-electron chi connectivity index (χ4n) is 0.888. The molecule has 0 saturated carbocycles. The lowest BCUT2D eigenvalue weighted by Gasteiger charge is -1.96. The van der Waals surface area contributed by atoms with E-state index >= 15 is 0 Å². The van der Waals surface area contributed by atoms with Crippen molar-refractivity contribution in [3.8, 4) is 0 Å². The molecule has 0 aliphatic carbocycles. The Balaban J connectivity index is 2.71. The lowest BCUT2D eigenvalue weighted by molar-refractivity contribution is 0.841. The van der Waals surface area contributed by atoms with Crippen LogP contribution in [0.3, 0.4) is 0 Å². The number of aryl methyl sites for hydroxylation is 1. The Labute approximate surface area is 74.2 Å². The molecule has 0 spiro atoms. The molecule has 1 heteroatoms. The van der Waals surface area contributed by atoms with Crippen molar-refractivity contribution in [2.24, 2.45) is 4.99 Å². The van der Waals surface area contributed by atoms with Crippen molar-refractivity contribution < 1.29 is 0 Å². The normalized spacial score (nSPS) is 11.3. The molecular formula is C11H15N. The Morgan fingerprint density at radius 1 is 1.17 bits per heavy atom. The van der Waals surface area contributed by atoms with E-state index in [0.29, 0.717) is 6.04 Å². The lowest BCUT2D eigenvalue weighted by atomic mass is 10.2. The smallest absolute Gasteiger partial charge is 0.0443 e. The molecular weight excluding hydrogens is 146 g/mol. The maximum Gasteiger partial charge on any atom is 0.0443 e. The maximum absolute atomic E-state index is 4.30. The summed E-state index contributed by atoms with van der Waals surface area (Å²) in [7, 11) is 0. The molecule has 0 aromatic heterocycles. The van der Waals surface area contributed by atoms with Crippen molar-refractivity contribution in [1.82, 2.24) is 0 Å². The summed E-state index contributed by atoms with van der Waals surface area (Å²) in [5, 5.41) is 0. The molecule has 0 heterocycles. The SMILES string of the molecule is Cc1ccc(C=NC(C)C)cc1. The molecule has 0 N–H and O–H groups in total. The van der Waals surface area contributed by atoms with Gasteiger partial charge in [0.1, 0.15) is 0 Å². The van der Waals surface area contributed by atoms with Gasteiger partial charge in [-0.25, -0.2) is 0 Å². The summed E-state index contributed by atoms with van der Waals surface area (Å²) in [5.74, 6) is 0. The zero-order chi connectivity index (χ0) is 8.97. The molecule has 0 unspecified atom stereocenters. The van der Waals surface area contributed by atoms with E-state index in [0.717, 1.165) is 0 Å². The molecule has 0 aliphatic heterocycles. The third kappa shape index (κ3) is 2.87. The van der Waals surface area contributed by atoms with Crippen LogP contribution in [0.5, 0.6) is 0 Å². The average molecular weight is 161 g/mol. The van der Waals surface area contributed by atoms with E-state index in [1.54, 1.807) is 0 Å². The molecule has 1 aromatic rings. The standard InChI is InChI=1S/C11H15N/c1-9(2)12-8-11-6-4-10(3)5-7-11/h4-9H,1-3H3. The predicted molar refractivity (Wildman–Crippen MR) is 53.9 cm³/mol. The van der Waals surface area contributed by atoms with Crippen LogP contribution in [0.15, 0.2) is 29.3 Å². The summed E-state index contributed by atoms with van der Waals surface area (Å²) >= 11 is 0. The van der Waals surface area contributed by atoms with E-state index in [4.69, 9.17) is 0 Å². The van der Waals surface area contributed by atoms with E-state index in [9.17, 15) is 0 Å². The molecule has 0 saturated heterocycles. The van der Waals surface area contributed by atoms with Gasteiger partial charge in [0.2, 0.25) is 0 Å². The summed E-state index contributed by atoms with van der Waals surface area (Å²) < 4.78 is 0. The van der Waals surface area contributed by atoms with Gasteiger partial charge in [-0.15, -0.1) is 0 Å². The van der Waals surface area contributed by atoms with Crippen molar-refractivity contribution in [1.29, 1.82) is 0 Å². The van der Waals surface area contributed by atoms with Gasteiger partial charge < -0.3 is 0 Å². The van der Waals surface area contributed by atoms with Crippen LogP contribution in [0.2, 0.25) is 0 Å². The summed E-state index contributed by atoms with van der Waals surface area (Å²) in [6.45, 7) is 6.23. The second-order valence-electron chi connectivity index (χ2n) is 3.28. The highest BCUT2D eigenvalue weighted by Gasteiger charge is 1.87. The molecule has 1 aromatic carbocycles. The van der Waals surface area contributed by atoms with Crippen LogP contribution >= 0.6 is 0 Å². The van der Waals surface area contributed by atoms with E-state index in [1.807, 2.05) is 6.21 Å². The summed E-state index contributed by atoms with van der Waals surface area (Å²) in [5.41, 5.74) is 2.46.